The van der Waals surface area contributed by atoms with Crippen LogP contribution in [0.1, 0.15) is 12.0 Å². The standard InChI is InChI=1S/C17H15F2N/c18-15-3-1-13(2-4-15)14-9-11-20(12-10-14)17-7-5-16(19)6-8-17/h1-9H,10-12H2. The molecule has 2 aromatic rings. The molecule has 0 amide bonds. The maximum atomic E-state index is 12.9. The van der Waals surface area contributed by atoms with E-state index >= 15 is 0 Å². The Morgan fingerprint density at radius 2 is 1.40 bits per heavy atom. The lowest BCUT2D eigenvalue weighted by Crippen LogP contribution is -2.28. The predicted octanol–water partition coefficient (Wildman–Crippen LogP) is 4.26. The van der Waals surface area contributed by atoms with Crippen LogP contribution in [0.3, 0.4) is 0 Å². The van der Waals surface area contributed by atoms with Gasteiger partial charge in [-0.05, 0) is 54.0 Å². The lowest BCUT2D eigenvalue weighted by Gasteiger charge is -2.28. The second-order valence-corrected chi connectivity index (χ2v) is 4.91. The highest BCUT2D eigenvalue weighted by atomic mass is 19.1. The molecule has 0 saturated carbocycles. The summed E-state index contributed by atoms with van der Waals surface area (Å²) in [6.07, 6.45) is 3.06. The molecule has 0 N–H and O–H groups in total. The van der Waals surface area contributed by atoms with E-state index in [1.54, 1.807) is 12.1 Å². The summed E-state index contributed by atoms with van der Waals surface area (Å²) >= 11 is 0. The molecule has 0 aromatic heterocycles. The lowest BCUT2D eigenvalue weighted by molar-refractivity contribution is 0.627. The molecule has 1 nitrogen and oxygen atoms in total. The van der Waals surface area contributed by atoms with Gasteiger partial charge in [-0.3, -0.25) is 0 Å². The Labute approximate surface area is 117 Å². The third kappa shape index (κ3) is 2.72. The van der Waals surface area contributed by atoms with E-state index in [1.807, 2.05) is 12.1 Å². The largest absolute Gasteiger partial charge is 0.367 e. The minimum atomic E-state index is -0.215. The molecular formula is C17H15F2N. The summed E-state index contributed by atoms with van der Waals surface area (Å²) in [5.74, 6) is -0.425. The molecule has 3 heteroatoms. The van der Waals surface area contributed by atoms with E-state index in [0.29, 0.717) is 0 Å². The van der Waals surface area contributed by atoms with E-state index in [1.165, 1.54) is 29.8 Å². The Bertz CT molecular complexity index is 614. The summed E-state index contributed by atoms with van der Waals surface area (Å²) in [7, 11) is 0. The van der Waals surface area contributed by atoms with Gasteiger partial charge in [0.1, 0.15) is 11.6 Å². The molecule has 20 heavy (non-hydrogen) atoms. The number of halogens is 2. The molecule has 0 aliphatic carbocycles. The number of benzene rings is 2. The molecule has 2 aromatic carbocycles. The fourth-order valence-corrected chi connectivity index (χ4v) is 2.48. The lowest BCUT2D eigenvalue weighted by atomic mass is 9.99. The first kappa shape index (κ1) is 12.9. The molecule has 0 spiro atoms. The van der Waals surface area contributed by atoms with Crippen LogP contribution in [-0.2, 0) is 0 Å². The van der Waals surface area contributed by atoms with E-state index in [0.717, 1.165) is 30.8 Å². The molecule has 0 fully saturated rings. The van der Waals surface area contributed by atoms with E-state index in [9.17, 15) is 8.78 Å². The predicted molar refractivity (Wildman–Crippen MR) is 77.6 cm³/mol. The number of rotatable bonds is 2. The van der Waals surface area contributed by atoms with Gasteiger partial charge in [0.25, 0.3) is 0 Å². The van der Waals surface area contributed by atoms with Crippen LogP contribution in [0.5, 0.6) is 0 Å². The van der Waals surface area contributed by atoms with Gasteiger partial charge in [-0.15, -0.1) is 0 Å². The molecule has 102 valence electrons. The van der Waals surface area contributed by atoms with Crippen LogP contribution in [0.4, 0.5) is 14.5 Å². The van der Waals surface area contributed by atoms with E-state index in [2.05, 4.69) is 11.0 Å². The summed E-state index contributed by atoms with van der Waals surface area (Å²) in [5.41, 5.74) is 3.34. The Balaban J connectivity index is 1.74. The van der Waals surface area contributed by atoms with Gasteiger partial charge in [0.05, 0.1) is 0 Å². The quantitative estimate of drug-likeness (QED) is 0.789. The summed E-state index contributed by atoms with van der Waals surface area (Å²) in [6.45, 7) is 1.67. The monoisotopic (exact) mass is 271 g/mol. The van der Waals surface area contributed by atoms with Crippen molar-refractivity contribution in [3.05, 3.63) is 71.8 Å². The van der Waals surface area contributed by atoms with E-state index in [-0.39, 0.29) is 11.6 Å². The number of anilines is 1. The highest BCUT2D eigenvalue weighted by molar-refractivity contribution is 5.68. The Morgan fingerprint density at radius 3 is 1.95 bits per heavy atom. The zero-order valence-corrected chi connectivity index (χ0v) is 11.0. The highest BCUT2D eigenvalue weighted by Crippen LogP contribution is 2.25. The van der Waals surface area contributed by atoms with Gasteiger partial charge in [-0.25, -0.2) is 8.78 Å². The van der Waals surface area contributed by atoms with Gasteiger partial charge < -0.3 is 4.90 Å². The van der Waals surface area contributed by atoms with Gasteiger partial charge in [-0.2, -0.15) is 0 Å². The van der Waals surface area contributed by atoms with Crippen molar-refractivity contribution >= 4 is 11.3 Å². The first-order valence-corrected chi connectivity index (χ1v) is 6.68. The Kier molecular flexibility index (Phi) is 3.50. The van der Waals surface area contributed by atoms with Crippen LogP contribution in [0, 0.1) is 11.6 Å². The average molecular weight is 271 g/mol. The van der Waals surface area contributed by atoms with Crippen LogP contribution < -0.4 is 4.90 Å². The fraction of sp³-hybridized carbons (Fsp3) is 0.176. The molecule has 0 unspecified atom stereocenters. The van der Waals surface area contributed by atoms with Crippen molar-refractivity contribution in [2.24, 2.45) is 0 Å². The second kappa shape index (κ2) is 5.45. The molecular weight excluding hydrogens is 256 g/mol. The van der Waals surface area contributed by atoms with Crippen molar-refractivity contribution in [1.82, 2.24) is 0 Å². The Morgan fingerprint density at radius 1 is 0.800 bits per heavy atom. The maximum absolute atomic E-state index is 12.9. The van der Waals surface area contributed by atoms with Crippen molar-refractivity contribution in [3.8, 4) is 0 Å². The second-order valence-electron chi connectivity index (χ2n) is 4.91. The first-order chi connectivity index (χ1) is 9.72. The van der Waals surface area contributed by atoms with Crippen molar-refractivity contribution in [3.63, 3.8) is 0 Å². The van der Waals surface area contributed by atoms with Crippen molar-refractivity contribution in [2.75, 3.05) is 18.0 Å². The van der Waals surface area contributed by atoms with Crippen molar-refractivity contribution < 1.29 is 8.78 Å². The first-order valence-electron chi connectivity index (χ1n) is 6.68. The molecule has 0 bridgehead atoms. The van der Waals surface area contributed by atoms with Gasteiger partial charge in [0.15, 0.2) is 0 Å². The van der Waals surface area contributed by atoms with Crippen LogP contribution in [0.2, 0.25) is 0 Å². The third-order valence-corrected chi connectivity index (χ3v) is 3.62. The zero-order valence-electron chi connectivity index (χ0n) is 11.0. The smallest absolute Gasteiger partial charge is 0.123 e. The minimum Gasteiger partial charge on any atom is -0.367 e. The number of hydrogen-bond donors (Lipinski definition) is 0. The molecule has 0 saturated heterocycles. The van der Waals surface area contributed by atoms with Gasteiger partial charge in [0.2, 0.25) is 0 Å². The molecule has 1 heterocycles. The van der Waals surface area contributed by atoms with Crippen molar-refractivity contribution in [2.45, 2.75) is 6.42 Å². The fourth-order valence-electron chi connectivity index (χ4n) is 2.48. The van der Waals surface area contributed by atoms with Crippen LogP contribution in [-0.4, -0.2) is 13.1 Å². The van der Waals surface area contributed by atoms with Gasteiger partial charge in [-0.1, -0.05) is 18.2 Å². The molecule has 1 aliphatic rings. The van der Waals surface area contributed by atoms with E-state index < -0.39 is 0 Å². The van der Waals surface area contributed by atoms with Crippen LogP contribution >= 0.6 is 0 Å². The average Bonchev–Trinajstić information content (AvgIpc) is 2.49. The van der Waals surface area contributed by atoms with Crippen LogP contribution in [0.15, 0.2) is 54.6 Å². The molecule has 0 atom stereocenters. The maximum Gasteiger partial charge on any atom is 0.123 e. The molecule has 3 rings (SSSR count). The number of hydrogen-bond acceptors (Lipinski definition) is 1. The van der Waals surface area contributed by atoms with E-state index in [4.69, 9.17) is 0 Å². The van der Waals surface area contributed by atoms with Gasteiger partial charge in [0, 0.05) is 18.8 Å². The normalized spacial score (nSPS) is 15.1. The Hall–Kier alpha value is -2.16. The third-order valence-electron chi connectivity index (χ3n) is 3.62. The molecule has 0 radical (unpaired) electrons. The van der Waals surface area contributed by atoms with Crippen molar-refractivity contribution in [1.29, 1.82) is 0 Å². The van der Waals surface area contributed by atoms with Crippen LogP contribution in [0.25, 0.3) is 5.57 Å². The summed E-state index contributed by atoms with van der Waals surface area (Å²) < 4.78 is 25.8. The molecule has 1 aliphatic heterocycles. The summed E-state index contributed by atoms with van der Waals surface area (Å²) in [4.78, 5) is 2.20. The summed E-state index contributed by atoms with van der Waals surface area (Å²) in [6, 6.07) is 13.2. The van der Waals surface area contributed by atoms with Gasteiger partial charge >= 0.3 is 0 Å². The zero-order chi connectivity index (χ0) is 13.9. The highest BCUT2D eigenvalue weighted by Gasteiger charge is 2.13. The topological polar surface area (TPSA) is 3.24 Å². The number of nitrogens with zero attached hydrogens (tertiary/aromatic N) is 1. The SMILES string of the molecule is Fc1ccc(C2=CCN(c3ccc(F)cc3)CC2)cc1. The minimum absolute atomic E-state index is 0.210. The summed E-state index contributed by atoms with van der Waals surface area (Å²) in [5, 5.41) is 0.